The number of allylic oxidation sites excluding steroid dienone is 4. The average Bonchev–Trinajstić information content (AvgIpc) is 2.94. The number of carboxylic acids is 1. The van der Waals surface area contributed by atoms with Crippen molar-refractivity contribution in [2.45, 2.75) is 51.9 Å². The van der Waals surface area contributed by atoms with Crippen molar-refractivity contribution in [2.24, 2.45) is 34.5 Å². The van der Waals surface area contributed by atoms with Crippen LogP contribution in [0.3, 0.4) is 0 Å². The fourth-order valence-electron chi connectivity index (χ4n) is 6.65. The molecule has 3 nitrogen and oxygen atoms in total. The Balaban J connectivity index is 1.71. The lowest BCUT2D eigenvalue weighted by atomic mass is 9.47. The van der Waals surface area contributed by atoms with Crippen LogP contribution in [-0.4, -0.2) is 17.4 Å². The second kappa shape index (κ2) is 5.06. The van der Waals surface area contributed by atoms with Crippen molar-refractivity contribution >= 4 is 12.3 Å². The fraction of sp³-hybridized carbons (Fsp3) is 0.700. The molecule has 1 unspecified atom stereocenters. The molecule has 0 saturated heterocycles. The largest absolute Gasteiger partial charge is 0.481 e. The van der Waals surface area contributed by atoms with Gasteiger partial charge in [0, 0.05) is 10.8 Å². The van der Waals surface area contributed by atoms with E-state index in [-0.39, 0.29) is 11.3 Å². The quantitative estimate of drug-likeness (QED) is 0.619. The Morgan fingerprint density at radius 1 is 1.26 bits per heavy atom. The Morgan fingerprint density at radius 3 is 2.83 bits per heavy atom. The number of carbonyl (C=O) groups excluding carboxylic acids is 1. The molecule has 4 aliphatic carbocycles. The van der Waals surface area contributed by atoms with Gasteiger partial charge in [0.25, 0.3) is 0 Å². The molecule has 0 aliphatic heterocycles. The first kappa shape index (κ1) is 15.2. The molecule has 0 aromatic rings. The van der Waals surface area contributed by atoms with E-state index in [0.29, 0.717) is 18.3 Å². The summed E-state index contributed by atoms with van der Waals surface area (Å²) in [5.74, 6) is 0.122. The Bertz CT molecular complexity index is 604. The molecule has 0 aromatic carbocycles. The van der Waals surface area contributed by atoms with E-state index in [1.165, 1.54) is 0 Å². The molecule has 3 saturated carbocycles. The zero-order valence-corrected chi connectivity index (χ0v) is 13.8. The van der Waals surface area contributed by atoms with Gasteiger partial charge in [-0.15, -0.1) is 0 Å². The highest BCUT2D eigenvalue weighted by Gasteiger charge is 2.61. The zero-order chi connectivity index (χ0) is 16.2. The van der Waals surface area contributed by atoms with Crippen LogP contribution >= 0.6 is 0 Å². The highest BCUT2D eigenvalue weighted by atomic mass is 16.4. The van der Waals surface area contributed by atoms with E-state index in [1.807, 2.05) is 0 Å². The van der Waals surface area contributed by atoms with Crippen molar-refractivity contribution in [1.82, 2.24) is 0 Å². The third kappa shape index (κ3) is 1.88. The van der Waals surface area contributed by atoms with Gasteiger partial charge in [-0.3, -0.25) is 4.79 Å². The normalized spacial score (nSPS) is 48.0. The molecule has 23 heavy (non-hydrogen) atoms. The molecule has 1 N–H and O–H groups in total. The standard InChI is InChI=1S/C20H26O3/c1-19-10-3-2-4-13(19)5-6-14-15(19)9-11-20(12-21)16(14)7-8-17(20)18(22)23/h3-4,10,12,14-17H,2,5-9,11H2,1H3,(H,22,23)/t14-,15+,16+,17?,19+,20-/m1/s1. The predicted molar refractivity (Wildman–Crippen MR) is 87.7 cm³/mol. The number of carbonyl (C=O) groups is 2. The molecule has 124 valence electrons. The molecule has 0 bridgehead atoms. The van der Waals surface area contributed by atoms with Crippen molar-refractivity contribution in [3.63, 3.8) is 0 Å². The van der Waals surface area contributed by atoms with Gasteiger partial charge in [-0.2, -0.15) is 0 Å². The Kier molecular flexibility index (Phi) is 3.33. The molecule has 0 spiro atoms. The number of aliphatic carboxylic acids is 1. The maximum atomic E-state index is 12.0. The van der Waals surface area contributed by atoms with Gasteiger partial charge in [0.2, 0.25) is 0 Å². The van der Waals surface area contributed by atoms with Crippen molar-refractivity contribution < 1.29 is 14.7 Å². The van der Waals surface area contributed by atoms with Crippen molar-refractivity contribution in [3.05, 3.63) is 23.8 Å². The summed E-state index contributed by atoms with van der Waals surface area (Å²) in [4.78, 5) is 23.7. The number of carboxylic acid groups (broad SMARTS) is 1. The van der Waals surface area contributed by atoms with E-state index >= 15 is 0 Å². The smallest absolute Gasteiger partial charge is 0.307 e. The van der Waals surface area contributed by atoms with E-state index in [4.69, 9.17) is 0 Å². The molecule has 3 fully saturated rings. The molecule has 0 heterocycles. The Labute approximate surface area is 137 Å². The molecule has 4 rings (SSSR count). The summed E-state index contributed by atoms with van der Waals surface area (Å²) < 4.78 is 0. The van der Waals surface area contributed by atoms with Crippen LogP contribution in [0.15, 0.2) is 23.8 Å². The first-order valence-electron chi connectivity index (χ1n) is 9.09. The molecule has 0 amide bonds. The van der Waals surface area contributed by atoms with E-state index in [9.17, 15) is 14.7 Å². The molecular weight excluding hydrogens is 288 g/mol. The van der Waals surface area contributed by atoms with Gasteiger partial charge in [-0.05, 0) is 62.7 Å². The highest BCUT2D eigenvalue weighted by Crippen LogP contribution is 2.65. The summed E-state index contributed by atoms with van der Waals surface area (Å²) in [5.41, 5.74) is 1.12. The lowest BCUT2D eigenvalue weighted by Gasteiger charge is -2.56. The minimum absolute atomic E-state index is 0.136. The minimum atomic E-state index is -0.766. The Hall–Kier alpha value is -1.38. The third-order valence-electron chi connectivity index (χ3n) is 7.72. The second-order valence-electron chi connectivity index (χ2n) is 8.30. The second-order valence-corrected chi connectivity index (χ2v) is 8.30. The maximum Gasteiger partial charge on any atom is 0.307 e. The van der Waals surface area contributed by atoms with E-state index in [2.05, 4.69) is 25.2 Å². The zero-order valence-electron chi connectivity index (χ0n) is 13.8. The number of aldehydes is 1. The van der Waals surface area contributed by atoms with Crippen molar-refractivity contribution in [1.29, 1.82) is 0 Å². The van der Waals surface area contributed by atoms with Crippen molar-refractivity contribution in [3.8, 4) is 0 Å². The lowest BCUT2D eigenvalue weighted by molar-refractivity contribution is -0.153. The van der Waals surface area contributed by atoms with E-state index in [1.54, 1.807) is 5.57 Å². The average molecular weight is 314 g/mol. The van der Waals surface area contributed by atoms with Crippen LogP contribution < -0.4 is 0 Å². The lowest BCUT2D eigenvalue weighted by Crippen LogP contribution is -2.51. The van der Waals surface area contributed by atoms with E-state index in [0.717, 1.165) is 44.8 Å². The van der Waals surface area contributed by atoms with Gasteiger partial charge >= 0.3 is 5.97 Å². The van der Waals surface area contributed by atoms with E-state index < -0.39 is 17.3 Å². The van der Waals surface area contributed by atoms with Gasteiger partial charge in [-0.1, -0.05) is 30.7 Å². The summed E-state index contributed by atoms with van der Waals surface area (Å²) in [5, 5.41) is 9.60. The number of hydrogen-bond donors (Lipinski definition) is 1. The van der Waals surface area contributed by atoms with Crippen LogP contribution in [0.2, 0.25) is 0 Å². The summed E-state index contributed by atoms with van der Waals surface area (Å²) in [6.45, 7) is 2.36. The van der Waals surface area contributed by atoms with Crippen molar-refractivity contribution in [2.75, 3.05) is 0 Å². The molecule has 3 heteroatoms. The number of rotatable bonds is 2. The molecular formula is C20H26O3. The van der Waals surface area contributed by atoms with Gasteiger partial charge in [0.1, 0.15) is 6.29 Å². The van der Waals surface area contributed by atoms with Crippen LogP contribution in [-0.2, 0) is 9.59 Å². The first-order valence-corrected chi connectivity index (χ1v) is 9.09. The van der Waals surface area contributed by atoms with Crippen LogP contribution in [0, 0.1) is 34.5 Å². The molecule has 6 atom stereocenters. The molecule has 4 aliphatic rings. The van der Waals surface area contributed by atoms with Crippen LogP contribution in [0.4, 0.5) is 0 Å². The van der Waals surface area contributed by atoms with Crippen LogP contribution in [0.1, 0.15) is 51.9 Å². The summed E-state index contributed by atoms with van der Waals surface area (Å²) in [6.07, 6.45) is 14.7. The first-order chi connectivity index (χ1) is 11.0. The van der Waals surface area contributed by atoms with Gasteiger partial charge < -0.3 is 9.90 Å². The highest BCUT2D eigenvalue weighted by molar-refractivity contribution is 5.78. The number of hydrogen-bond acceptors (Lipinski definition) is 2. The maximum absolute atomic E-state index is 12.0. The third-order valence-corrected chi connectivity index (χ3v) is 7.72. The SMILES string of the molecule is C[C@]12C=CCC=C1CC[C@@H]1[C@@H]2CC[C@]2(C=O)C(C(=O)O)CC[C@@H]12. The summed E-state index contributed by atoms with van der Waals surface area (Å²) in [6, 6.07) is 0. The monoisotopic (exact) mass is 314 g/mol. The summed E-state index contributed by atoms with van der Waals surface area (Å²) in [7, 11) is 0. The number of fused-ring (bicyclic) bond motifs is 5. The minimum Gasteiger partial charge on any atom is -0.481 e. The van der Waals surface area contributed by atoms with Crippen LogP contribution in [0.25, 0.3) is 0 Å². The molecule has 0 radical (unpaired) electrons. The van der Waals surface area contributed by atoms with Gasteiger partial charge in [0.15, 0.2) is 0 Å². The topological polar surface area (TPSA) is 54.4 Å². The van der Waals surface area contributed by atoms with Crippen LogP contribution in [0.5, 0.6) is 0 Å². The summed E-state index contributed by atoms with van der Waals surface area (Å²) >= 11 is 0. The predicted octanol–water partition coefficient (Wildman–Crippen LogP) is 4.00. The molecule has 0 aromatic heterocycles. The Morgan fingerprint density at radius 2 is 2.09 bits per heavy atom. The van der Waals surface area contributed by atoms with Gasteiger partial charge in [-0.25, -0.2) is 0 Å². The fourth-order valence-corrected chi connectivity index (χ4v) is 6.65. The van der Waals surface area contributed by atoms with Gasteiger partial charge in [0.05, 0.1) is 5.92 Å².